The molecule has 1 aromatic carbocycles. The Bertz CT molecular complexity index is 395. The number of hydrogen-bond donors (Lipinski definition) is 1. The molecule has 0 atom stereocenters. The standard InChI is InChI=1S/C17H29NO/c1-13-11-15(17(3,4)5)12-14(2)16(13)18(6)9-7-8-10-19/h11-12,19H,7-10H2,1-6H3. The van der Waals surface area contributed by atoms with Crippen LogP contribution in [0, 0.1) is 13.8 Å². The van der Waals surface area contributed by atoms with E-state index in [0.29, 0.717) is 0 Å². The fourth-order valence-electron chi connectivity index (χ4n) is 2.56. The zero-order chi connectivity index (χ0) is 14.6. The fourth-order valence-corrected chi connectivity index (χ4v) is 2.56. The highest BCUT2D eigenvalue weighted by atomic mass is 16.2. The molecule has 0 aliphatic heterocycles. The van der Waals surface area contributed by atoms with Crippen LogP contribution >= 0.6 is 0 Å². The van der Waals surface area contributed by atoms with E-state index in [2.05, 4.69) is 58.7 Å². The lowest BCUT2D eigenvalue weighted by Crippen LogP contribution is -2.22. The summed E-state index contributed by atoms with van der Waals surface area (Å²) in [5.74, 6) is 0. The van der Waals surface area contributed by atoms with E-state index in [1.807, 2.05) is 0 Å². The lowest BCUT2D eigenvalue weighted by molar-refractivity contribution is 0.285. The molecule has 1 N–H and O–H groups in total. The van der Waals surface area contributed by atoms with E-state index in [0.717, 1.165) is 19.4 Å². The number of anilines is 1. The van der Waals surface area contributed by atoms with E-state index in [-0.39, 0.29) is 12.0 Å². The van der Waals surface area contributed by atoms with Crippen molar-refractivity contribution in [2.45, 2.75) is 52.9 Å². The van der Waals surface area contributed by atoms with Crippen molar-refractivity contribution in [3.63, 3.8) is 0 Å². The van der Waals surface area contributed by atoms with E-state index in [1.54, 1.807) is 0 Å². The Hall–Kier alpha value is -1.02. The van der Waals surface area contributed by atoms with Crippen LogP contribution in [0.15, 0.2) is 12.1 Å². The Balaban J connectivity index is 2.97. The van der Waals surface area contributed by atoms with Gasteiger partial charge in [-0.3, -0.25) is 0 Å². The summed E-state index contributed by atoms with van der Waals surface area (Å²) in [7, 11) is 2.14. The highest BCUT2D eigenvalue weighted by Gasteiger charge is 2.17. The minimum Gasteiger partial charge on any atom is -0.396 e. The maximum absolute atomic E-state index is 8.87. The lowest BCUT2D eigenvalue weighted by atomic mass is 9.84. The first-order valence-electron chi connectivity index (χ1n) is 7.21. The minimum atomic E-state index is 0.198. The highest BCUT2D eigenvalue weighted by Crippen LogP contribution is 2.31. The van der Waals surface area contributed by atoms with Crippen molar-refractivity contribution in [3.05, 3.63) is 28.8 Å². The van der Waals surface area contributed by atoms with E-state index in [9.17, 15) is 0 Å². The molecular formula is C17H29NO. The second kappa shape index (κ2) is 6.42. The Morgan fingerprint density at radius 3 is 2.00 bits per heavy atom. The molecule has 108 valence electrons. The summed E-state index contributed by atoms with van der Waals surface area (Å²) in [6.07, 6.45) is 1.91. The van der Waals surface area contributed by atoms with Gasteiger partial charge in [0.15, 0.2) is 0 Å². The van der Waals surface area contributed by atoms with Gasteiger partial charge in [-0.25, -0.2) is 0 Å². The molecule has 0 aromatic heterocycles. The predicted octanol–water partition coefficient (Wildman–Crippen LogP) is 3.81. The molecule has 0 saturated heterocycles. The number of rotatable bonds is 5. The third-order valence-corrected chi connectivity index (χ3v) is 3.64. The van der Waals surface area contributed by atoms with Gasteiger partial charge in [0.05, 0.1) is 0 Å². The molecule has 1 rings (SSSR count). The molecule has 2 nitrogen and oxygen atoms in total. The first kappa shape index (κ1) is 16.0. The number of aliphatic hydroxyl groups is 1. The Morgan fingerprint density at radius 2 is 1.58 bits per heavy atom. The van der Waals surface area contributed by atoms with Gasteiger partial charge in [0.1, 0.15) is 0 Å². The molecule has 0 spiro atoms. The summed E-state index contributed by atoms with van der Waals surface area (Å²) in [5.41, 5.74) is 5.62. The first-order valence-corrected chi connectivity index (χ1v) is 7.21. The maximum atomic E-state index is 8.87. The summed E-state index contributed by atoms with van der Waals surface area (Å²) in [6.45, 7) is 12.4. The van der Waals surface area contributed by atoms with Gasteiger partial charge in [-0.2, -0.15) is 0 Å². The van der Waals surface area contributed by atoms with Gasteiger partial charge in [-0.1, -0.05) is 32.9 Å². The van der Waals surface area contributed by atoms with E-state index >= 15 is 0 Å². The molecule has 0 aliphatic carbocycles. The van der Waals surface area contributed by atoms with Crippen LogP contribution in [-0.2, 0) is 5.41 Å². The Labute approximate surface area is 118 Å². The molecule has 0 saturated carbocycles. The predicted molar refractivity (Wildman–Crippen MR) is 84.2 cm³/mol. The van der Waals surface area contributed by atoms with Gasteiger partial charge in [-0.05, 0) is 48.8 Å². The number of aryl methyl sites for hydroxylation is 2. The molecular weight excluding hydrogens is 234 g/mol. The summed E-state index contributed by atoms with van der Waals surface area (Å²) in [4.78, 5) is 2.31. The summed E-state index contributed by atoms with van der Waals surface area (Å²) >= 11 is 0. The molecule has 0 bridgehead atoms. The van der Waals surface area contributed by atoms with Crippen LogP contribution in [0.1, 0.15) is 50.3 Å². The second-order valence-electron chi connectivity index (χ2n) is 6.56. The number of hydrogen-bond acceptors (Lipinski definition) is 2. The number of aliphatic hydroxyl groups excluding tert-OH is 1. The number of nitrogens with zero attached hydrogens (tertiary/aromatic N) is 1. The second-order valence-corrected chi connectivity index (χ2v) is 6.56. The summed E-state index contributed by atoms with van der Waals surface area (Å²) < 4.78 is 0. The third-order valence-electron chi connectivity index (χ3n) is 3.64. The van der Waals surface area contributed by atoms with Gasteiger partial charge in [0.25, 0.3) is 0 Å². The van der Waals surface area contributed by atoms with Gasteiger partial charge < -0.3 is 10.0 Å². The number of benzene rings is 1. The zero-order valence-electron chi connectivity index (χ0n) is 13.4. The maximum Gasteiger partial charge on any atom is 0.0431 e. The van der Waals surface area contributed by atoms with E-state index in [1.165, 1.54) is 22.4 Å². The third kappa shape index (κ3) is 4.24. The molecule has 0 radical (unpaired) electrons. The Morgan fingerprint density at radius 1 is 1.05 bits per heavy atom. The van der Waals surface area contributed by atoms with Crippen molar-refractivity contribution >= 4 is 5.69 Å². The van der Waals surface area contributed by atoms with Crippen LogP contribution in [0.3, 0.4) is 0 Å². The lowest BCUT2D eigenvalue weighted by Gasteiger charge is -2.27. The molecule has 1 aromatic rings. The van der Waals surface area contributed by atoms with Crippen LogP contribution in [0.25, 0.3) is 0 Å². The van der Waals surface area contributed by atoms with Gasteiger partial charge in [0.2, 0.25) is 0 Å². The molecule has 0 aliphatic rings. The zero-order valence-corrected chi connectivity index (χ0v) is 13.4. The van der Waals surface area contributed by atoms with Crippen molar-refractivity contribution in [1.82, 2.24) is 0 Å². The molecule has 0 unspecified atom stereocenters. The first-order chi connectivity index (χ1) is 8.77. The van der Waals surface area contributed by atoms with Crippen LogP contribution < -0.4 is 4.90 Å². The average molecular weight is 263 g/mol. The van der Waals surface area contributed by atoms with Crippen molar-refractivity contribution in [2.24, 2.45) is 0 Å². The van der Waals surface area contributed by atoms with Crippen molar-refractivity contribution in [3.8, 4) is 0 Å². The topological polar surface area (TPSA) is 23.5 Å². The SMILES string of the molecule is Cc1cc(C(C)(C)C)cc(C)c1N(C)CCCCO. The normalized spacial score (nSPS) is 11.7. The van der Waals surface area contributed by atoms with Crippen LogP contribution in [0.4, 0.5) is 5.69 Å². The average Bonchev–Trinajstić information content (AvgIpc) is 2.27. The van der Waals surface area contributed by atoms with Crippen LogP contribution in [-0.4, -0.2) is 25.3 Å². The summed E-state index contributed by atoms with van der Waals surface area (Å²) in [5, 5.41) is 8.87. The minimum absolute atomic E-state index is 0.198. The monoisotopic (exact) mass is 263 g/mol. The van der Waals surface area contributed by atoms with E-state index < -0.39 is 0 Å². The van der Waals surface area contributed by atoms with Crippen molar-refractivity contribution in [1.29, 1.82) is 0 Å². The van der Waals surface area contributed by atoms with Crippen molar-refractivity contribution in [2.75, 3.05) is 25.1 Å². The smallest absolute Gasteiger partial charge is 0.0431 e. The number of unbranched alkanes of at least 4 members (excludes halogenated alkanes) is 1. The molecule has 2 heteroatoms. The van der Waals surface area contributed by atoms with E-state index in [4.69, 9.17) is 5.11 Å². The van der Waals surface area contributed by atoms with Gasteiger partial charge in [-0.15, -0.1) is 0 Å². The molecule has 0 amide bonds. The highest BCUT2D eigenvalue weighted by molar-refractivity contribution is 5.60. The Kier molecular flexibility index (Phi) is 5.42. The van der Waals surface area contributed by atoms with Gasteiger partial charge >= 0.3 is 0 Å². The van der Waals surface area contributed by atoms with Crippen LogP contribution in [0.5, 0.6) is 0 Å². The largest absolute Gasteiger partial charge is 0.396 e. The molecule has 19 heavy (non-hydrogen) atoms. The fraction of sp³-hybridized carbons (Fsp3) is 0.647. The molecule has 0 heterocycles. The van der Waals surface area contributed by atoms with Gasteiger partial charge in [0, 0.05) is 25.9 Å². The van der Waals surface area contributed by atoms with Crippen LogP contribution in [0.2, 0.25) is 0 Å². The summed E-state index contributed by atoms with van der Waals surface area (Å²) in [6, 6.07) is 4.62. The quantitative estimate of drug-likeness (QED) is 0.817. The van der Waals surface area contributed by atoms with Crippen molar-refractivity contribution < 1.29 is 5.11 Å². The molecule has 0 fully saturated rings.